The SMILES string of the molecule is CS(=O)c1ccc(Cl)c(F)c1-c1cncc(C(=O)Nc2cnn(Cc3cnc(N4CCC4)nc3)c2)n1. The zero-order valence-corrected chi connectivity index (χ0v) is 20.6. The molecule has 3 aromatic heterocycles. The predicted octanol–water partition coefficient (Wildman–Crippen LogP) is 3.17. The van der Waals surface area contributed by atoms with Crippen LogP contribution < -0.4 is 10.2 Å². The third-order valence-electron chi connectivity index (χ3n) is 5.56. The van der Waals surface area contributed by atoms with Crippen molar-refractivity contribution in [1.82, 2.24) is 29.7 Å². The van der Waals surface area contributed by atoms with Crippen molar-refractivity contribution in [3.05, 3.63) is 71.4 Å². The molecule has 13 heteroatoms. The molecule has 1 atom stereocenters. The van der Waals surface area contributed by atoms with E-state index in [0.29, 0.717) is 12.2 Å². The second kappa shape index (κ2) is 10.1. The normalized spacial score (nSPS) is 13.8. The molecule has 4 heterocycles. The summed E-state index contributed by atoms with van der Waals surface area (Å²) in [7, 11) is -1.51. The first-order chi connectivity index (χ1) is 17.4. The zero-order chi connectivity index (χ0) is 25.2. The summed E-state index contributed by atoms with van der Waals surface area (Å²) in [4.78, 5) is 32.1. The first-order valence-electron chi connectivity index (χ1n) is 10.9. The summed E-state index contributed by atoms with van der Waals surface area (Å²) >= 11 is 5.92. The maximum absolute atomic E-state index is 14.8. The number of rotatable bonds is 7. The van der Waals surface area contributed by atoms with Crippen LogP contribution in [-0.2, 0) is 17.3 Å². The van der Waals surface area contributed by atoms with E-state index in [4.69, 9.17) is 11.6 Å². The van der Waals surface area contributed by atoms with Crippen LogP contribution in [0.5, 0.6) is 0 Å². The van der Waals surface area contributed by atoms with Gasteiger partial charge in [-0.2, -0.15) is 5.10 Å². The highest BCUT2D eigenvalue weighted by molar-refractivity contribution is 7.84. The van der Waals surface area contributed by atoms with Crippen molar-refractivity contribution in [2.45, 2.75) is 17.9 Å². The molecule has 1 N–H and O–H groups in total. The lowest BCUT2D eigenvalue weighted by atomic mass is 10.1. The molecule has 1 saturated heterocycles. The quantitative estimate of drug-likeness (QED) is 0.390. The number of nitrogens with one attached hydrogen (secondary N) is 1. The Bertz CT molecular complexity index is 1460. The Morgan fingerprint density at radius 3 is 2.64 bits per heavy atom. The molecule has 36 heavy (non-hydrogen) atoms. The lowest BCUT2D eigenvalue weighted by molar-refractivity contribution is 0.102. The van der Waals surface area contributed by atoms with Crippen molar-refractivity contribution in [3.63, 3.8) is 0 Å². The van der Waals surface area contributed by atoms with Crippen LogP contribution in [0.25, 0.3) is 11.3 Å². The summed E-state index contributed by atoms with van der Waals surface area (Å²) < 4.78 is 28.6. The summed E-state index contributed by atoms with van der Waals surface area (Å²) in [5, 5.41) is 6.82. The highest BCUT2D eigenvalue weighted by Crippen LogP contribution is 2.31. The molecule has 0 radical (unpaired) electrons. The first kappa shape index (κ1) is 23.9. The molecule has 1 amide bonds. The maximum atomic E-state index is 14.8. The van der Waals surface area contributed by atoms with Gasteiger partial charge in [-0.05, 0) is 18.6 Å². The summed E-state index contributed by atoms with van der Waals surface area (Å²) in [6.07, 6.45) is 11.8. The molecule has 1 aliphatic heterocycles. The lowest BCUT2D eigenvalue weighted by Crippen LogP contribution is -2.38. The van der Waals surface area contributed by atoms with Gasteiger partial charge in [-0.25, -0.2) is 19.3 Å². The number of benzene rings is 1. The number of carbonyl (C=O) groups excluding carboxylic acids is 1. The minimum atomic E-state index is -1.51. The van der Waals surface area contributed by atoms with Gasteiger partial charge in [-0.3, -0.25) is 18.7 Å². The first-order valence-corrected chi connectivity index (χ1v) is 12.9. The molecule has 1 fully saturated rings. The highest BCUT2D eigenvalue weighted by atomic mass is 35.5. The molecule has 0 saturated carbocycles. The average Bonchev–Trinajstić information content (AvgIpc) is 3.27. The van der Waals surface area contributed by atoms with Gasteiger partial charge >= 0.3 is 0 Å². The third kappa shape index (κ3) is 4.95. The van der Waals surface area contributed by atoms with E-state index in [0.717, 1.165) is 31.0 Å². The topological polar surface area (TPSA) is 119 Å². The minimum absolute atomic E-state index is 0.0465. The number of hydrogen-bond acceptors (Lipinski definition) is 8. The number of anilines is 2. The summed E-state index contributed by atoms with van der Waals surface area (Å²) in [5.74, 6) is -0.621. The van der Waals surface area contributed by atoms with Crippen LogP contribution in [0.2, 0.25) is 5.02 Å². The molecule has 0 bridgehead atoms. The smallest absolute Gasteiger partial charge is 0.275 e. The van der Waals surface area contributed by atoms with E-state index < -0.39 is 22.5 Å². The van der Waals surface area contributed by atoms with E-state index in [2.05, 4.69) is 35.3 Å². The average molecular weight is 527 g/mol. The van der Waals surface area contributed by atoms with Gasteiger partial charge in [-0.15, -0.1) is 0 Å². The van der Waals surface area contributed by atoms with Crippen molar-refractivity contribution in [2.24, 2.45) is 0 Å². The standard InChI is InChI=1S/C23H20ClFN8O2S/c1-36(35)19-4-3-16(24)21(25)20(19)17-10-26-11-18(31-17)22(34)30-15-9-29-33(13-15)12-14-7-27-23(28-8-14)32-5-2-6-32/h3-4,7-11,13H,2,5-6,12H2,1H3,(H,30,34). The molecule has 10 nitrogen and oxygen atoms in total. The Kier molecular flexibility index (Phi) is 6.70. The van der Waals surface area contributed by atoms with Crippen molar-refractivity contribution in [2.75, 3.05) is 29.6 Å². The Labute approximate surface area is 213 Å². The Balaban J connectivity index is 1.30. The fourth-order valence-corrected chi connectivity index (χ4v) is 4.51. The van der Waals surface area contributed by atoms with Crippen LogP contribution in [0.1, 0.15) is 22.5 Å². The van der Waals surface area contributed by atoms with Gasteiger partial charge in [0.1, 0.15) is 5.69 Å². The van der Waals surface area contributed by atoms with Crippen LogP contribution in [0.3, 0.4) is 0 Å². The van der Waals surface area contributed by atoms with E-state index >= 15 is 0 Å². The zero-order valence-electron chi connectivity index (χ0n) is 19.1. The monoisotopic (exact) mass is 526 g/mol. The van der Waals surface area contributed by atoms with Gasteiger partial charge in [0.15, 0.2) is 5.82 Å². The van der Waals surface area contributed by atoms with Gasteiger partial charge < -0.3 is 10.2 Å². The molecular weight excluding hydrogens is 507 g/mol. The van der Waals surface area contributed by atoms with E-state index in [-0.39, 0.29) is 26.9 Å². The van der Waals surface area contributed by atoms with Crippen LogP contribution in [0, 0.1) is 5.82 Å². The fraction of sp³-hybridized carbons (Fsp3) is 0.217. The number of hydrogen-bond donors (Lipinski definition) is 1. The summed E-state index contributed by atoms with van der Waals surface area (Å²) in [5.41, 5.74) is 1.24. The molecular formula is C23H20ClFN8O2S. The second-order valence-electron chi connectivity index (χ2n) is 8.09. The van der Waals surface area contributed by atoms with Crippen molar-refractivity contribution in [1.29, 1.82) is 0 Å². The number of amides is 1. The van der Waals surface area contributed by atoms with Crippen LogP contribution in [-0.4, -0.2) is 59.2 Å². The molecule has 1 aliphatic rings. The van der Waals surface area contributed by atoms with Crippen molar-refractivity contribution in [3.8, 4) is 11.3 Å². The van der Waals surface area contributed by atoms with Gasteiger partial charge in [-0.1, -0.05) is 11.6 Å². The molecule has 5 rings (SSSR count). The van der Waals surface area contributed by atoms with Gasteiger partial charge in [0, 0.05) is 43.5 Å². The lowest BCUT2D eigenvalue weighted by Gasteiger charge is -2.30. The third-order valence-corrected chi connectivity index (χ3v) is 6.81. The molecule has 184 valence electrons. The summed E-state index contributed by atoms with van der Waals surface area (Å²) in [6.45, 7) is 2.38. The summed E-state index contributed by atoms with van der Waals surface area (Å²) in [6, 6.07) is 2.79. The number of halogens is 2. The highest BCUT2D eigenvalue weighted by Gasteiger charge is 2.20. The van der Waals surface area contributed by atoms with Crippen molar-refractivity contribution < 1.29 is 13.4 Å². The van der Waals surface area contributed by atoms with Gasteiger partial charge in [0.25, 0.3) is 5.91 Å². The van der Waals surface area contributed by atoms with Gasteiger partial charge in [0.05, 0.1) is 62.8 Å². The van der Waals surface area contributed by atoms with Crippen LogP contribution in [0.4, 0.5) is 16.0 Å². The minimum Gasteiger partial charge on any atom is -0.341 e. The number of nitrogens with zero attached hydrogens (tertiary/aromatic N) is 7. The van der Waals surface area contributed by atoms with Gasteiger partial charge in [0.2, 0.25) is 5.95 Å². The van der Waals surface area contributed by atoms with Crippen LogP contribution >= 0.6 is 11.6 Å². The molecule has 4 aromatic rings. The fourth-order valence-electron chi connectivity index (χ4n) is 3.61. The Morgan fingerprint density at radius 2 is 1.94 bits per heavy atom. The Morgan fingerprint density at radius 1 is 1.17 bits per heavy atom. The molecule has 1 unspecified atom stereocenters. The predicted molar refractivity (Wildman–Crippen MR) is 133 cm³/mol. The molecule has 0 aliphatic carbocycles. The number of aromatic nitrogens is 6. The molecule has 0 spiro atoms. The number of carbonyl (C=O) groups is 1. The van der Waals surface area contributed by atoms with Crippen molar-refractivity contribution >= 4 is 39.9 Å². The van der Waals surface area contributed by atoms with E-state index in [9.17, 15) is 13.4 Å². The molecule has 1 aromatic carbocycles. The second-order valence-corrected chi connectivity index (χ2v) is 9.85. The van der Waals surface area contributed by atoms with Crippen LogP contribution in [0.15, 0.2) is 54.2 Å². The maximum Gasteiger partial charge on any atom is 0.275 e. The largest absolute Gasteiger partial charge is 0.341 e. The van der Waals surface area contributed by atoms with E-state index in [1.165, 1.54) is 37.0 Å². The Hall–Kier alpha value is -3.77. The van der Waals surface area contributed by atoms with E-state index in [1.54, 1.807) is 23.3 Å². The van der Waals surface area contributed by atoms with E-state index in [1.807, 2.05) is 0 Å².